The van der Waals surface area contributed by atoms with E-state index in [0.717, 1.165) is 42.5 Å². The van der Waals surface area contributed by atoms with Crippen LogP contribution in [-0.4, -0.2) is 46.0 Å². The molecular weight excluding hydrogens is 336 g/mol. The molecule has 3 heterocycles. The predicted molar refractivity (Wildman–Crippen MR) is 100 cm³/mol. The molecule has 0 amide bonds. The number of rotatable bonds is 3. The summed E-state index contributed by atoms with van der Waals surface area (Å²) >= 11 is 6.17. The third kappa shape index (κ3) is 2.86. The highest BCUT2D eigenvalue weighted by atomic mass is 35.5. The molecule has 1 aliphatic rings. The molecule has 132 valence electrons. The number of aromatic amines is 1. The second-order valence-electron chi connectivity index (χ2n) is 6.69. The van der Waals surface area contributed by atoms with Crippen molar-refractivity contribution in [2.75, 3.05) is 26.3 Å². The Bertz CT molecular complexity index is 908. The van der Waals surface area contributed by atoms with Gasteiger partial charge < -0.3 is 9.72 Å². The van der Waals surface area contributed by atoms with Gasteiger partial charge in [-0.2, -0.15) is 5.10 Å². The van der Waals surface area contributed by atoms with E-state index < -0.39 is 0 Å². The van der Waals surface area contributed by atoms with E-state index in [1.165, 1.54) is 22.2 Å². The number of nitrogens with one attached hydrogen (secondary N) is 1. The van der Waals surface area contributed by atoms with Crippen molar-refractivity contribution >= 4 is 22.5 Å². The van der Waals surface area contributed by atoms with Crippen LogP contribution in [-0.2, 0) is 11.8 Å². The molecule has 0 spiro atoms. The zero-order valence-corrected chi connectivity index (χ0v) is 15.6. The molecule has 1 atom stereocenters. The fourth-order valence-electron chi connectivity index (χ4n) is 3.90. The molecule has 0 aliphatic carbocycles. The molecular formula is C19H23ClN4O. The third-order valence-electron chi connectivity index (χ3n) is 5.22. The minimum Gasteiger partial charge on any atom is -0.379 e. The lowest BCUT2D eigenvalue weighted by Gasteiger charge is -2.35. The number of hydrogen-bond donors (Lipinski definition) is 1. The number of aryl methyl sites for hydroxylation is 2. The van der Waals surface area contributed by atoms with Gasteiger partial charge in [0, 0.05) is 53.5 Å². The summed E-state index contributed by atoms with van der Waals surface area (Å²) in [6.07, 6.45) is 2.12. The Balaban J connectivity index is 1.90. The van der Waals surface area contributed by atoms with Crippen LogP contribution in [0.3, 0.4) is 0 Å². The molecule has 1 saturated heterocycles. The van der Waals surface area contributed by atoms with Crippen LogP contribution < -0.4 is 0 Å². The molecule has 25 heavy (non-hydrogen) atoms. The predicted octanol–water partition coefficient (Wildman–Crippen LogP) is 3.59. The molecule has 6 heteroatoms. The van der Waals surface area contributed by atoms with Crippen molar-refractivity contribution in [1.82, 2.24) is 19.7 Å². The van der Waals surface area contributed by atoms with Gasteiger partial charge in [0.2, 0.25) is 0 Å². The van der Waals surface area contributed by atoms with Crippen molar-refractivity contribution in [1.29, 1.82) is 0 Å². The summed E-state index contributed by atoms with van der Waals surface area (Å²) in [4.78, 5) is 5.89. The van der Waals surface area contributed by atoms with E-state index in [1.54, 1.807) is 0 Å². The van der Waals surface area contributed by atoms with Gasteiger partial charge in [-0.25, -0.2) is 0 Å². The number of ether oxygens (including phenoxy) is 1. The van der Waals surface area contributed by atoms with Crippen molar-refractivity contribution in [2.45, 2.75) is 19.9 Å². The van der Waals surface area contributed by atoms with Gasteiger partial charge in [0.25, 0.3) is 0 Å². The van der Waals surface area contributed by atoms with E-state index >= 15 is 0 Å². The summed E-state index contributed by atoms with van der Waals surface area (Å²) in [7, 11) is 2.01. The van der Waals surface area contributed by atoms with Gasteiger partial charge in [-0.15, -0.1) is 0 Å². The molecule has 5 nitrogen and oxygen atoms in total. The molecule has 1 aromatic carbocycles. The first kappa shape index (κ1) is 16.6. The molecule has 0 bridgehead atoms. The summed E-state index contributed by atoms with van der Waals surface area (Å²) < 4.78 is 7.56. The van der Waals surface area contributed by atoms with Crippen LogP contribution in [0, 0.1) is 13.8 Å². The second kappa shape index (κ2) is 6.48. The fraction of sp³-hybridized carbons (Fsp3) is 0.421. The van der Waals surface area contributed by atoms with Crippen LogP contribution in [0.25, 0.3) is 10.9 Å². The summed E-state index contributed by atoms with van der Waals surface area (Å²) in [5, 5.41) is 6.62. The smallest absolute Gasteiger partial charge is 0.0661 e. The summed E-state index contributed by atoms with van der Waals surface area (Å²) in [5.74, 6) is 0. The topological polar surface area (TPSA) is 46.1 Å². The number of halogens is 1. The van der Waals surface area contributed by atoms with Gasteiger partial charge in [0.05, 0.1) is 24.9 Å². The number of benzene rings is 1. The average molecular weight is 359 g/mol. The zero-order chi connectivity index (χ0) is 17.6. The van der Waals surface area contributed by atoms with E-state index in [9.17, 15) is 0 Å². The van der Waals surface area contributed by atoms with Gasteiger partial charge >= 0.3 is 0 Å². The molecule has 1 unspecified atom stereocenters. The SMILES string of the molecule is Cc1nn(C)c(C)c1C(c1c[nH]c2cc(Cl)ccc12)N1CCOCC1. The summed E-state index contributed by atoms with van der Waals surface area (Å²) in [6, 6.07) is 6.21. The highest BCUT2D eigenvalue weighted by Crippen LogP contribution is 2.37. The van der Waals surface area contributed by atoms with Crippen molar-refractivity contribution in [3.8, 4) is 0 Å². The van der Waals surface area contributed by atoms with E-state index in [2.05, 4.69) is 41.1 Å². The van der Waals surface area contributed by atoms with E-state index in [4.69, 9.17) is 16.3 Å². The van der Waals surface area contributed by atoms with E-state index in [-0.39, 0.29) is 6.04 Å². The van der Waals surface area contributed by atoms with Crippen LogP contribution in [0.5, 0.6) is 0 Å². The molecule has 2 aromatic heterocycles. The highest BCUT2D eigenvalue weighted by Gasteiger charge is 2.30. The maximum atomic E-state index is 6.17. The molecule has 0 radical (unpaired) electrons. The molecule has 1 aliphatic heterocycles. The fourth-order valence-corrected chi connectivity index (χ4v) is 4.08. The molecule has 4 rings (SSSR count). The Kier molecular flexibility index (Phi) is 4.31. The van der Waals surface area contributed by atoms with Crippen molar-refractivity contribution in [3.05, 3.63) is 51.9 Å². The Labute approximate surface area is 152 Å². The zero-order valence-electron chi connectivity index (χ0n) is 14.8. The highest BCUT2D eigenvalue weighted by molar-refractivity contribution is 6.31. The van der Waals surface area contributed by atoms with E-state index in [0.29, 0.717) is 0 Å². The van der Waals surface area contributed by atoms with Gasteiger partial charge in [0.15, 0.2) is 0 Å². The third-order valence-corrected chi connectivity index (χ3v) is 5.45. The van der Waals surface area contributed by atoms with Crippen LogP contribution in [0.15, 0.2) is 24.4 Å². The monoisotopic (exact) mass is 358 g/mol. The molecule has 3 aromatic rings. The first-order chi connectivity index (χ1) is 12.1. The van der Waals surface area contributed by atoms with Crippen LogP contribution in [0.4, 0.5) is 0 Å². The number of H-pyrrole nitrogens is 1. The summed E-state index contributed by atoms with van der Waals surface area (Å²) in [5.41, 5.74) is 5.92. The quantitative estimate of drug-likeness (QED) is 0.778. The van der Waals surface area contributed by atoms with Gasteiger partial charge in [-0.1, -0.05) is 17.7 Å². The van der Waals surface area contributed by atoms with Gasteiger partial charge in [-0.05, 0) is 31.5 Å². The first-order valence-corrected chi connectivity index (χ1v) is 9.02. The number of hydrogen-bond acceptors (Lipinski definition) is 3. The summed E-state index contributed by atoms with van der Waals surface area (Å²) in [6.45, 7) is 7.61. The number of nitrogens with zero attached hydrogens (tertiary/aromatic N) is 3. The minimum atomic E-state index is 0.160. The van der Waals surface area contributed by atoms with Crippen LogP contribution in [0.2, 0.25) is 5.02 Å². The van der Waals surface area contributed by atoms with Crippen molar-refractivity contribution < 1.29 is 4.74 Å². The van der Waals surface area contributed by atoms with Gasteiger partial charge in [-0.3, -0.25) is 9.58 Å². The lowest BCUT2D eigenvalue weighted by Crippen LogP contribution is -2.39. The van der Waals surface area contributed by atoms with Crippen LogP contribution in [0.1, 0.15) is 28.6 Å². The maximum Gasteiger partial charge on any atom is 0.0661 e. The number of aromatic nitrogens is 3. The van der Waals surface area contributed by atoms with Crippen molar-refractivity contribution in [2.24, 2.45) is 7.05 Å². The molecule has 1 fully saturated rings. The largest absolute Gasteiger partial charge is 0.379 e. The first-order valence-electron chi connectivity index (χ1n) is 8.64. The van der Waals surface area contributed by atoms with E-state index in [1.807, 2.05) is 23.9 Å². The lowest BCUT2D eigenvalue weighted by molar-refractivity contribution is 0.0240. The minimum absolute atomic E-state index is 0.160. The Morgan fingerprint density at radius 2 is 2.00 bits per heavy atom. The normalized spacial score (nSPS) is 17.3. The molecule has 0 saturated carbocycles. The Hall–Kier alpha value is -1.82. The van der Waals surface area contributed by atoms with Crippen molar-refractivity contribution in [3.63, 3.8) is 0 Å². The Morgan fingerprint density at radius 1 is 1.24 bits per heavy atom. The number of morpholine rings is 1. The number of fused-ring (bicyclic) bond motifs is 1. The average Bonchev–Trinajstić information content (AvgIpc) is 3.12. The van der Waals surface area contributed by atoms with Crippen LogP contribution >= 0.6 is 11.6 Å². The second-order valence-corrected chi connectivity index (χ2v) is 7.13. The Morgan fingerprint density at radius 3 is 2.68 bits per heavy atom. The standard InChI is InChI=1S/C19H23ClN4O/c1-12-18(13(2)23(3)22-12)19(24-6-8-25-9-7-24)16-11-21-17-10-14(20)4-5-15(16)17/h4-5,10-11,19,21H,6-9H2,1-3H3. The lowest BCUT2D eigenvalue weighted by atomic mass is 9.94. The van der Waals surface area contributed by atoms with Gasteiger partial charge in [0.1, 0.15) is 0 Å². The molecule has 1 N–H and O–H groups in total. The maximum absolute atomic E-state index is 6.17.